The predicted molar refractivity (Wildman–Crippen MR) is 111 cm³/mol. The van der Waals surface area contributed by atoms with E-state index in [0.717, 1.165) is 68.4 Å². The van der Waals surface area contributed by atoms with Gasteiger partial charge in [0.1, 0.15) is 5.65 Å². The highest BCUT2D eigenvalue weighted by Gasteiger charge is 2.10. The van der Waals surface area contributed by atoms with Gasteiger partial charge in [-0.1, -0.05) is 45.4 Å². The molecule has 1 amide bonds. The fraction of sp³-hybridized carbons (Fsp3) is 0.591. The molecule has 0 saturated heterocycles. The third-order valence-electron chi connectivity index (χ3n) is 5.16. The second-order valence-corrected chi connectivity index (χ2v) is 7.37. The number of carboxylic acids is 1. The van der Waals surface area contributed by atoms with Crippen molar-refractivity contribution in [3.8, 4) is 0 Å². The van der Waals surface area contributed by atoms with Gasteiger partial charge in [-0.3, -0.25) is 9.59 Å². The Morgan fingerprint density at radius 1 is 1.04 bits per heavy atom. The summed E-state index contributed by atoms with van der Waals surface area (Å²) in [5.74, 6) is -0.737. The van der Waals surface area contributed by atoms with Crippen molar-refractivity contribution in [3.63, 3.8) is 0 Å². The molecule has 28 heavy (non-hydrogen) atoms. The minimum absolute atomic E-state index is 0.0357. The van der Waals surface area contributed by atoms with E-state index < -0.39 is 5.97 Å². The van der Waals surface area contributed by atoms with Crippen molar-refractivity contribution in [2.45, 2.75) is 78.1 Å². The van der Waals surface area contributed by atoms with E-state index in [1.54, 1.807) is 0 Å². The molecule has 0 atom stereocenters. The molecule has 0 bridgehead atoms. The van der Waals surface area contributed by atoms with E-state index in [-0.39, 0.29) is 12.3 Å². The van der Waals surface area contributed by atoms with Crippen molar-refractivity contribution in [2.75, 3.05) is 6.54 Å². The summed E-state index contributed by atoms with van der Waals surface area (Å²) >= 11 is 0. The smallest absolute Gasteiger partial charge is 0.303 e. The molecule has 0 fully saturated rings. The van der Waals surface area contributed by atoms with Crippen LogP contribution in [0.25, 0.3) is 5.65 Å². The Morgan fingerprint density at radius 2 is 1.68 bits per heavy atom. The van der Waals surface area contributed by atoms with Gasteiger partial charge < -0.3 is 14.8 Å². The molecule has 0 aliphatic carbocycles. The number of amides is 1. The summed E-state index contributed by atoms with van der Waals surface area (Å²) in [4.78, 5) is 27.4. The SMILES string of the molecule is CCc1nc2ccc(C(=O)NCCCCCCCCCCC(=O)O)cn2c1C. The van der Waals surface area contributed by atoms with Crippen LogP contribution in [-0.2, 0) is 11.2 Å². The molecule has 2 aromatic heterocycles. The quantitative estimate of drug-likeness (QED) is 0.495. The van der Waals surface area contributed by atoms with E-state index in [0.29, 0.717) is 12.1 Å². The first-order valence-corrected chi connectivity index (χ1v) is 10.5. The maximum atomic E-state index is 12.4. The molecule has 0 unspecified atom stereocenters. The zero-order chi connectivity index (χ0) is 20.4. The van der Waals surface area contributed by atoms with Crippen LogP contribution >= 0.6 is 0 Å². The lowest BCUT2D eigenvalue weighted by Crippen LogP contribution is -2.24. The van der Waals surface area contributed by atoms with E-state index in [2.05, 4.69) is 17.2 Å². The average molecular weight is 388 g/mol. The number of nitrogens with one attached hydrogen (secondary N) is 1. The number of pyridine rings is 1. The van der Waals surface area contributed by atoms with Crippen molar-refractivity contribution in [1.29, 1.82) is 0 Å². The van der Waals surface area contributed by atoms with Crippen LogP contribution in [0.2, 0.25) is 0 Å². The van der Waals surface area contributed by atoms with E-state index in [1.807, 2.05) is 29.7 Å². The van der Waals surface area contributed by atoms with Crippen LogP contribution in [0.1, 0.15) is 86.5 Å². The van der Waals surface area contributed by atoms with Gasteiger partial charge in [-0.05, 0) is 38.3 Å². The van der Waals surface area contributed by atoms with Crippen LogP contribution in [0.4, 0.5) is 0 Å². The molecular formula is C22H33N3O3. The van der Waals surface area contributed by atoms with Crippen molar-refractivity contribution in [3.05, 3.63) is 35.3 Å². The Hall–Kier alpha value is -2.37. The zero-order valence-corrected chi connectivity index (χ0v) is 17.2. The van der Waals surface area contributed by atoms with Crippen LogP contribution in [0.3, 0.4) is 0 Å². The summed E-state index contributed by atoms with van der Waals surface area (Å²) in [5.41, 5.74) is 3.71. The van der Waals surface area contributed by atoms with Gasteiger partial charge in [-0.15, -0.1) is 0 Å². The molecule has 0 spiro atoms. The fourth-order valence-corrected chi connectivity index (χ4v) is 3.45. The molecular weight excluding hydrogens is 354 g/mol. The number of carboxylic acid groups (broad SMARTS) is 1. The highest BCUT2D eigenvalue weighted by molar-refractivity contribution is 5.94. The summed E-state index contributed by atoms with van der Waals surface area (Å²) in [6, 6.07) is 3.73. The number of nitrogens with zero attached hydrogens (tertiary/aromatic N) is 2. The first-order chi connectivity index (χ1) is 13.5. The van der Waals surface area contributed by atoms with Gasteiger partial charge in [0.05, 0.1) is 11.3 Å². The lowest BCUT2D eigenvalue weighted by Gasteiger charge is -2.06. The van der Waals surface area contributed by atoms with Crippen LogP contribution in [0.15, 0.2) is 18.3 Å². The fourth-order valence-electron chi connectivity index (χ4n) is 3.45. The predicted octanol–water partition coefficient (Wildman–Crippen LogP) is 4.53. The molecule has 2 heterocycles. The van der Waals surface area contributed by atoms with Gasteiger partial charge in [0, 0.05) is 24.9 Å². The molecule has 6 nitrogen and oxygen atoms in total. The highest BCUT2D eigenvalue weighted by Crippen LogP contribution is 2.14. The van der Waals surface area contributed by atoms with Crippen LogP contribution in [0, 0.1) is 6.92 Å². The number of hydrogen-bond donors (Lipinski definition) is 2. The molecule has 0 aliphatic rings. The number of aromatic nitrogens is 2. The molecule has 0 aliphatic heterocycles. The summed E-state index contributed by atoms with van der Waals surface area (Å²) in [7, 11) is 0. The van der Waals surface area contributed by atoms with Crippen LogP contribution < -0.4 is 5.32 Å². The Bertz CT molecular complexity index is 783. The van der Waals surface area contributed by atoms with Gasteiger partial charge in [-0.25, -0.2) is 4.98 Å². The Labute approximate surface area is 167 Å². The van der Waals surface area contributed by atoms with Gasteiger partial charge >= 0.3 is 5.97 Å². The minimum atomic E-state index is -0.701. The summed E-state index contributed by atoms with van der Waals surface area (Å²) in [6.45, 7) is 4.81. The molecule has 2 N–H and O–H groups in total. The van der Waals surface area contributed by atoms with E-state index in [1.165, 1.54) is 6.42 Å². The number of aryl methyl sites for hydroxylation is 2. The second kappa shape index (κ2) is 11.5. The Morgan fingerprint density at radius 3 is 2.32 bits per heavy atom. The third kappa shape index (κ3) is 6.66. The number of rotatable bonds is 13. The molecule has 154 valence electrons. The van der Waals surface area contributed by atoms with E-state index in [9.17, 15) is 9.59 Å². The number of aliphatic carboxylic acids is 1. The summed E-state index contributed by atoms with van der Waals surface area (Å²) in [6.07, 6.45) is 11.5. The topological polar surface area (TPSA) is 83.7 Å². The molecule has 0 aromatic carbocycles. The number of fused-ring (bicyclic) bond motifs is 1. The third-order valence-corrected chi connectivity index (χ3v) is 5.16. The summed E-state index contributed by atoms with van der Waals surface area (Å²) in [5, 5.41) is 11.6. The van der Waals surface area contributed by atoms with Crippen LogP contribution in [-0.4, -0.2) is 32.9 Å². The maximum Gasteiger partial charge on any atom is 0.303 e. The number of imidazole rings is 1. The normalized spacial score (nSPS) is 11.1. The average Bonchev–Trinajstić information content (AvgIpc) is 3.01. The molecule has 6 heteroatoms. The standard InChI is InChI=1S/C22H33N3O3/c1-3-19-17(2)25-16-18(13-14-20(25)24-19)22(28)23-15-11-9-7-5-4-6-8-10-12-21(26)27/h13-14,16H,3-12,15H2,1-2H3,(H,23,28)(H,26,27). The monoisotopic (exact) mass is 387 g/mol. The first-order valence-electron chi connectivity index (χ1n) is 10.5. The Kier molecular flexibility index (Phi) is 8.98. The zero-order valence-electron chi connectivity index (χ0n) is 17.2. The number of hydrogen-bond acceptors (Lipinski definition) is 3. The lowest BCUT2D eigenvalue weighted by molar-refractivity contribution is -0.137. The maximum absolute atomic E-state index is 12.4. The molecule has 2 aromatic rings. The number of carbonyl (C=O) groups is 2. The minimum Gasteiger partial charge on any atom is -0.481 e. The molecule has 0 saturated carbocycles. The number of carbonyl (C=O) groups excluding carboxylic acids is 1. The van der Waals surface area contributed by atoms with E-state index >= 15 is 0 Å². The number of unbranched alkanes of at least 4 members (excludes halogenated alkanes) is 7. The molecule has 2 rings (SSSR count). The highest BCUT2D eigenvalue weighted by atomic mass is 16.4. The lowest BCUT2D eigenvalue weighted by atomic mass is 10.1. The van der Waals surface area contributed by atoms with Crippen LogP contribution in [0.5, 0.6) is 0 Å². The van der Waals surface area contributed by atoms with Crippen molar-refractivity contribution >= 4 is 17.5 Å². The van der Waals surface area contributed by atoms with Gasteiger partial charge in [0.2, 0.25) is 0 Å². The summed E-state index contributed by atoms with van der Waals surface area (Å²) < 4.78 is 1.99. The van der Waals surface area contributed by atoms with Gasteiger partial charge in [0.25, 0.3) is 5.91 Å². The van der Waals surface area contributed by atoms with Crippen molar-refractivity contribution < 1.29 is 14.7 Å². The van der Waals surface area contributed by atoms with Gasteiger partial charge in [-0.2, -0.15) is 0 Å². The van der Waals surface area contributed by atoms with Gasteiger partial charge in [0.15, 0.2) is 0 Å². The Balaban J connectivity index is 1.61. The molecule has 0 radical (unpaired) electrons. The van der Waals surface area contributed by atoms with E-state index in [4.69, 9.17) is 5.11 Å². The van der Waals surface area contributed by atoms with Crippen molar-refractivity contribution in [2.24, 2.45) is 0 Å². The largest absolute Gasteiger partial charge is 0.481 e. The first kappa shape index (κ1) is 21.9. The second-order valence-electron chi connectivity index (χ2n) is 7.37. The van der Waals surface area contributed by atoms with Crippen molar-refractivity contribution in [1.82, 2.24) is 14.7 Å².